The Morgan fingerprint density at radius 3 is 2.79 bits per heavy atom. The molecule has 1 spiro atoms. The van der Waals surface area contributed by atoms with E-state index >= 15 is 0 Å². The predicted octanol–water partition coefficient (Wildman–Crippen LogP) is 4.52. The van der Waals surface area contributed by atoms with Crippen LogP contribution in [0.15, 0.2) is 12.2 Å². The smallest absolute Gasteiger partial charge is 0.140 e. The maximum atomic E-state index is 12.5. The van der Waals surface area contributed by atoms with Crippen molar-refractivity contribution < 1.29 is 9.90 Å². The van der Waals surface area contributed by atoms with Gasteiger partial charge in [-0.15, -0.1) is 0 Å². The van der Waals surface area contributed by atoms with E-state index in [0.29, 0.717) is 23.5 Å². The minimum Gasteiger partial charge on any atom is -0.393 e. The van der Waals surface area contributed by atoms with Gasteiger partial charge in [-0.3, -0.25) is 4.79 Å². The van der Waals surface area contributed by atoms with Crippen LogP contribution in [0.25, 0.3) is 0 Å². The van der Waals surface area contributed by atoms with Gasteiger partial charge in [-0.05, 0) is 86.9 Å². The second kappa shape index (κ2) is 5.19. The molecular weight excluding hydrogens is 296 g/mol. The molecule has 8 atom stereocenters. The predicted molar refractivity (Wildman–Crippen MR) is 94.3 cm³/mol. The summed E-state index contributed by atoms with van der Waals surface area (Å²) in [5.41, 5.74) is 0.679. The summed E-state index contributed by atoms with van der Waals surface area (Å²) in [6.07, 6.45) is 16.2. The van der Waals surface area contributed by atoms with Crippen molar-refractivity contribution in [2.24, 2.45) is 40.4 Å². The van der Waals surface area contributed by atoms with Crippen molar-refractivity contribution >= 4 is 5.78 Å². The van der Waals surface area contributed by atoms with Crippen LogP contribution in [0.2, 0.25) is 0 Å². The maximum Gasteiger partial charge on any atom is 0.140 e. The Kier molecular flexibility index (Phi) is 3.38. The Balaban J connectivity index is 1.48. The molecule has 1 N–H and O–H groups in total. The van der Waals surface area contributed by atoms with Gasteiger partial charge in [0.05, 0.1) is 6.10 Å². The molecule has 5 aliphatic rings. The van der Waals surface area contributed by atoms with E-state index in [1.807, 2.05) is 0 Å². The lowest BCUT2D eigenvalue weighted by Crippen LogP contribution is -2.54. The lowest BCUT2D eigenvalue weighted by molar-refractivity contribution is -0.136. The third kappa shape index (κ3) is 1.90. The molecule has 24 heavy (non-hydrogen) atoms. The summed E-state index contributed by atoms with van der Waals surface area (Å²) in [6, 6.07) is 0. The van der Waals surface area contributed by atoms with Gasteiger partial charge in [0, 0.05) is 17.8 Å². The lowest BCUT2D eigenvalue weighted by atomic mass is 9.44. The number of fused-ring (bicyclic) bond motifs is 4. The molecule has 132 valence electrons. The molecule has 2 nitrogen and oxygen atoms in total. The highest BCUT2D eigenvalue weighted by Crippen LogP contribution is 2.68. The minimum absolute atomic E-state index is 0.0516. The van der Waals surface area contributed by atoms with Crippen LogP contribution in [0.4, 0.5) is 0 Å². The van der Waals surface area contributed by atoms with Crippen LogP contribution in [-0.2, 0) is 4.79 Å². The van der Waals surface area contributed by atoms with Crippen LogP contribution in [0.5, 0.6) is 0 Å². The second-order valence-corrected chi connectivity index (χ2v) is 9.94. The first kappa shape index (κ1) is 15.6. The molecule has 0 aromatic rings. The highest BCUT2D eigenvalue weighted by atomic mass is 16.3. The van der Waals surface area contributed by atoms with Crippen LogP contribution in [-0.4, -0.2) is 17.0 Å². The lowest BCUT2D eigenvalue weighted by Gasteiger charge is -2.61. The van der Waals surface area contributed by atoms with Crippen LogP contribution in [0.3, 0.4) is 0 Å². The SMILES string of the molecule is C[C@]12CC[C@@H](O)C[C@H]1CCC1C3CC[C@@H]4C(=O)CC=C[C@]34CCC12. The van der Waals surface area contributed by atoms with Crippen molar-refractivity contribution in [3.8, 4) is 0 Å². The molecule has 2 heteroatoms. The Hall–Kier alpha value is -0.630. The third-order valence-electron chi connectivity index (χ3n) is 9.36. The van der Waals surface area contributed by atoms with Crippen LogP contribution in [0.1, 0.15) is 71.1 Å². The normalized spacial score (nSPS) is 56.2. The fraction of sp³-hybridized carbons (Fsp3) is 0.864. The molecule has 0 aromatic carbocycles. The van der Waals surface area contributed by atoms with E-state index in [0.717, 1.165) is 42.9 Å². The first-order valence-electron chi connectivity index (χ1n) is 10.4. The molecule has 0 radical (unpaired) electrons. The number of aliphatic hydroxyl groups is 1. The van der Waals surface area contributed by atoms with E-state index in [2.05, 4.69) is 19.1 Å². The summed E-state index contributed by atoms with van der Waals surface area (Å²) in [4.78, 5) is 12.5. The summed E-state index contributed by atoms with van der Waals surface area (Å²) < 4.78 is 0. The molecular formula is C22H32O2. The number of hydrogen-bond donors (Lipinski definition) is 1. The molecule has 0 amide bonds. The first-order valence-corrected chi connectivity index (χ1v) is 10.4. The average molecular weight is 328 g/mol. The molecule has 0 heterocycles. The molecule has 3 unspecified atom stereocenters. The molecule has 0 aromatic heterocycles. The zero-order chi connectivity index (χ0) is 16.5. The second-order valence-electron chi connectivity index (χ2n) is 9.94. The van der Waals surface area contributed by atoms with E-state index in [4.69, 9.17) is 0 Å². The molecule has 4 fully saturated rings. The summed E-state index contributed by atoms with van der Waals surface area (Å²) in [5.74, 6) is 4.02. The maximum absolute atomic E-state index is 12.5. The number of ketones is 1. The van der Waals surface area contributed by atoms with E-state index in [1.165, 1.54) is 38.5 Å². The van der Waals surface area contributed by atoms with Gasteiger partial charge in [-0.1, -0.05) is 19.1 Å². The summed E-state index contributed by atoms with van der Waals surface area (Å²) >= 11 is 0. The van der Waals surface area contributed by atoms with Gasteiger partial charge in [0.2, 0.25) is 0 Å². The van der Waals surface area contributed by atoms with E-state index < -0.39 is 0 Å². The van der Waals surface area contributed by atoms with Crippen LogP contribution in [0, 0.1) is 40.4 Å². The van der Waals surface area contributed by atoms with Crippen molar-refractivity contribution in [2.45, 2.75) is 77.2 Å². The topological polar surface area (TPSA) is 37.3 Å². The number of Topliss-reactive ketones (excluding diaryl/α,β-unsaturated/α-hetero) is 1. The van der Waals surface area contributed by atoms with Crippen molar-refractivity contribution in [1.29, 1.82) is 0 Å². The molecule has 4 saturated carbocycles. The standard InChI is InChI=1S/C22H32O2/c1-21-11-8-15(23)13-14(21)4-5-16-17(21)9-12-22-10-2-3-20(24)19(22)7-6-18(16)22/h2,10,14-19,23H,3-9,11-13H2,1H3/t14-,15-,16?,17?,18?,19-,21+,22+/m1/s1. The van der Waals surface area contributed by atoms with Gasteiger partial charge in [-0.2, -0.15) is 0 Å². The van der Waals surface area contributed by atoms with Crippen LogP contribution >= 0.6 is 0 Å². The van der Waals surface area contributed by atoms with E-state index in [9.17, 15) is 9.90 Å². The van der Waals surface area contributed by atoms with Gasteiger partial charge in [0.15, 0.2) is 0 Å². The van der Waals surface area contributed by atoms with Gasteiger partial charge < -0.3 is 5.11 Å². The third-order valence-corrected chi connectivity index (χ3v) is 9.36. The quantitative estimate of drug-likeness (QED) is 0.664. The van der Waals surface area contributed by atoms with Gasteiger partial charge in [-0.25, -0.2) is 0 Å². The Labute approximate surface area is 146 Å². The van der Waals surface area contributed by atoms with Crippen LogP contribution < -0.4 is 0 Å². The molecule has 0 bridgehead atoms. The number of carbonyl (C=O) groups is 1. The molecule has 0 aliphatic heterocycles. The molecule has 5 aliphatic carbocycles. The van der Waals surface area contributed by atoms with Gasteiger partial charge >= 0.3 is 0 Å². The number of allylic oxidation sites excluding steroid dienone is 2. The van der Waals surface area contributed by atoms with Crippen molar-refractivity contribution in [3.05, 3.63) is 12.2 Å². The van der Waals surface area contributed by atoms with Crippen molar-refractivity contribution in [1.82, 2.24) is 0 Å². The molecule has 0 saturated heterocycles. The summed E-state index contributed by atoms with van der Waals surface area (Å²) in [7, 11) is 0. The Bertz CT molecular complexity index is 581. The monoisotopic (exact) mass is 328 g/mol. The fourth-order valence-corrected chi connectivity index (χ4v) is 8.28. The Morgan fingerprint density at radius 1 is 1.04 bits per heavy atom. The van der Waals surface area contributed by atoms with Gasteiger partial charge in [0.25, 0.3) is 0 Å². The number of aliphatic hydroxyl groups excluding tert-OH is 1. The number of carbonyl (C=O) groups excluding carboxylic acids is 1. The summed E-state index contributed by atoms with van der Waals surface area (Å²) in [5, 5.41) is 10.1. The summed E-state index contributed by atoms with van der Waals surface area (Å²) in [6.45, 7) is 2.55. The highest BCUT2D eigenvalue weighted by Gasteiger charge is 2.62. The number of rotatable bonds is 0. The Morgan fingerprint density at radius 2 is 1.92 bits per heavy atom. The highest BCUT2D eigenvalue weighted by molar-refractivity contribution is 5.85. The first-order chi connectivity index (χ1) is 11.5. The van der Waals surface area contributed by atoms with Gasteiger partial charge in [0.1, 0.15) is 5.78 Å². The van der Waals surface area contributed by atoms with E-state index in [-0.39, 0.29) is 11.5 Å². The number of hydrogen-bond acceptors (Lipinski definition) is 2. The van der Waals surface area contributed by atoms with Crippen molar-refractivity contribution in [2.75, 3.05) is 0 Å². The van der Waals surface area contributed by atoms with E-state index in [1.54, 1.807) is 0 Å². The molecule has 5 rings (SSSR count). The minimum atomic E-state index is -0.0516. The zero-order valence-corrected chi connectivity index (χ0v) is 15.0. The van der Waals surface area contributed by atoms with Crippen molar-refractivity contribution in [3.63, 3.8) is 0 Å². The largest absolute Gasteiger partial charge is 0.393 e. The average Bonchev–Trinajstić information content (AvgIpc) is 2.96. The fourth-order valence-electron chi connectivity index (χ4n) is 8.28. The zero-order valence-electron chi connectivity index (χ0n) is 15.0.